The van der Waals surface area contributed by atoms with E-state index in [1.165, 1.54) is 16.4 Å². The molecule has 1 amide bonds. The maximum absolute atomic E-state index is 13.9. The van der Waals surface area contributed by atoms with Gasteiger partial charge in [0.1, 0.15) is 18.5 Å². The molecule has 3 aliphatic rings. The van der Waals surface area contributed by atoms with Crippen LogP contribution in [0.5, 0.6) is 17.2 Å². The Balaban J connectivity index is 1.33. The predicted octanol–water partition coefficient (Wildman–Crippen LogP) is 2.64. The summed E-state index contributed by atoms with van der Waals surface area (Å²) in [7, 11) is -4.06. The molecule has 0 radical (unpaired) electrons. The van der Waals surface area contributed by atoms with Gasteiger partial charge in [-0.25, -0.2) is 13.2 Å². The lowest BCUT2D eigenvalue weighted by molar-refractivity contribution is -0.0907. The van der Waals surface area contributed by atoms with Gasteiger partial charge in [-0.1, -0.05) is 32.9 Å². The van der Waals surface area contributed by atoms with Gasteiger partial charge in [0.05, 0.1) is 36.2 Å². The normalized spacial score (nSPS) is 22.5. The summed E-state index contributed by atoms with van der Waals surface area (Å²) >= 11 is 0. The second-order valence-electron chi connectivity index (χ2n) is 12.3. The zero-order chi connectivity index (χ0) is 32.8. The largest absolute Gasteiger partial charge is 0.492 e. The fourth-order valence-electron chi connectivity index (χ4n) is 5.65. The van der Waals surface area contributed by atoms with Gasteiger partial charge >= 0.3 is 6.09 Å². The topological polar surface area (TPSA) is 168 Å². The van der Waals surface area contributed by atoms with Crippen molar-refractivity contribution in [1.29, 1.82) is 0 Å². The average Bonchev–Trinajstić information content (AvgIpc) is 3.78. The number of nitrogens with one attached hydrogen (secondary N) is 1. The molecule has 14 heteroatoms. The van der Waals surface area contributed by atoms with Gasteiger partial charge in [0, 0.05) is 25.2 Å². The summed E-state index contributed by atoms with van der Waals surface area (Å²) in [6.07, 6.45) is -1.20. The molecule has 2 aromatic carbocycles. The van der Waals surface area contributed by atoms with E-state index >= 15 is 0 Å². The van der Waals surface area contributed by atoms with Crippen molar-refractivity contribution in [2.75, 3.05) is 39.7 Å². The predicted molar refractivity (Wildman–Crippen MR) is 167 cm³/mol. The molecule has 6 atom stereocenters. The maximum Gasteiger partial charge on any atom is 0.407 e. The number of rotatable bonds is 15. The molecule has 2 fully saturated rings. The Morgan fingerprint density at radius 2 is 1.87 bits per heavy atom. The van der Waals surface area contributed by atoms with Crippen LogP contribution in [0.1, 0.15) is 39.2 Å². The number of carbonyl (C=O) groups excluding carboxylic acids is 1. The van der Waals surface area contributed by atoms with Crippen LogP contribution in [0, 0.1) is 11.8 Å². The lowest BCUT2D eigenvalue weighted by atomic mass is 10.0. The molecule has 254 valence electrons. The van der Waals surface area contributed by atoms with E-state index in [0.29, 0.717) is 36.9 Å². The van der Waals surface area contributed by atoms with Crippen LogP contribution in [0.25, 0.3) is 0 Å². The van der Waals surface area contributed by atoms with Crippen molar-refractivity contribution in [2.24, 2.45) is 17.6 Å². The van der Waals surface area contributed by atoms with E-state index in [0.717, 1.165) is 12.0 Å². The third kappa shape index (κ3) is 8.41. The molecule has 4 N–H and O–H groups in total. The highest BCUT2D eigenvalue weighted by atomic mass is 32.2. The molecule has 0 aliphatic carbocycles. The molecule has 3 heterocycles. The Bertz CT molecular complexity index is 1420. The summed E-state index contributed by atoms with van der Waals surface area (Å²) in [4.78, 5) is 13.2. The number of benzene rings is 2. The van der Waals surface area contributed by atoms with Crippen molar-refractivity contribution in [3.63, 3.8) is 0 Å². The SMILES string of the molecule is CCC(N)COc1ccc(C[C@H](NC(=O)O[C@H]2CO[C@H]3OCC[C@H]32)[C@H](O)CN(CC(C)C)S(=O)(=O)c2ccc3c(c2)OCO3)cc1. The minimum atomic E-state index is -4.06. The Morgan fingerprint density at radius 3 is 2.61 bits per heavy atom. The van der Waals surface area contributed by atoms with Crippen molar-refractivity contribution in [2.45, 2.75) is 75.5 Å². The lowest BCUT2D eigenvalue weighted by Gasteiger charge is -2.31. The monoisotopic (exact) mass is 663 g/mol. The number of sulfonamides is 1. The van der Waals surface area contributed by atoms with Gasteiger partial charge < -0.3 is 44.6 Å². The number of nitrogens with two attached hydrogens (primary N) is 1. The first-order valence-corrected chi connectivity index (χ1v) is 17.2. The second kappa shape index (κ2) is 15.2. The number of aliphatic hydroxyl groups excluding tert-OH is 1. The minimum absolute atomic E-state index is 0.0114. The zero-order valence-electron chi connectivity index (χ0n) is 26.5. The first kappa shape index (κ1) is 34.2. The first-order valence-electron chi connectivity index (χ1n) is 15.8. The average molecular weight is 664 g/mol. The van der Waals surface area contributed by atoms with Gasteiger partial charge in [0.2, 0.25) is 16.8 Å². The number of alkyl carbamates (subject to hydrolysis) is 1. The van der Waals surface area contributed by atoms with Crippen molar-refractivity contribution < 1.29 is 46.7 Å². The number of carbonyl (C=O) groups is 1. The van der Waals surface area contributed by atoms with E-state index in [-0.39, 0.29) is 55.7 Å². The van der Waals surface area contributed by atoms with E-state index in [9.17, 15) is 18.3 Å². The van der Waals surface area contributed by atoms with Gasteiger partial charge in [-0.3, -0.25) is 0 Å². The highest BCUT2D eigenvalue weighted by Gasteiger charge is 2.44. The number of hydrogen-bond donors (Lipinski definition) is 3. The van der Waals surface area contributed by atoms with Crippen molar-refractivity contribution in [3.8, 4) is 17.2 Å². The lowest BCUT2D eigenvalue weighted by Crippen LogP contribution is -2.51. The number of hydrogen-bond acceptors (Lipinski definition) is 11. The number of fused-ring (bicyclic) bond motifs is 2. The van der Waals surface area contributed by atoms with Gasteiger partial charge in [-0.2, -0.15) is 4.31 Å². The second-order valence-corrected chi connectivity index (χ2v) is 14.3. The van der Waals surface area contributed by atoms with Gasteiger partial charge in [-0.15, -0.1) is 0 Å². The molecule has 1 unspecified atom stereocenters. The molecule has 5 rings (SSSR count). The van der Waals surface area contributed by atoms with E-state index < -0.39 is 40.7 Å². The molecular formula is C32H45N3O10S. The van der Waals surface area contributed by atoms with Gasteiger partial charge in [0.25, 0.3) is 0 Å². The van der Waals surface area contributed by atoms with E-state index in [1.54, 1.807) is 18.2 Å². The van der Waals surface area contributed by atoms with Crippen molar-refractivity contribution in [3.05, 3.63) is 48.0 Å². The van der Waals surface area contributed by atoms with Gasteiger partial charge in [0.15, 0.2) is 17.8 Å². The summed E-state index contributed by atoms with van der Waals surface area (Å²) in [6.45, 7) is 6.78. The molecule has 46 heavy (non-hydrogen) atoms. The number of aliphatic hydroxyl groups is 1. The summed E-state index contributed by atoms with van der Waals surface area (Å²) < 4.78 is 62.3. The molecule has 0 bridgehead atoms. The molecule has 0 aromatic heterocycles. The number of ether oxygens (including phenoxy) is 6. The van der Waals surface area contributed by atoms with Crippen LogP contribution in [-0.4, -0.2) is 94.2 Å². The fourth-order valence-corrected chi connectivity index (χ4v) is 7.29. The Morgan fingerprint density at radius 1 is 1.11 bits per heavy atom. The summed E-state index contributed by atoms with van der Waals surface area (Å²) in [6, 6.07) is 10.7. The van der Waals surface area contributed by atoms with E-state index in [1.807, 2.05) is 32.9 Å². The smallest absolute Gasteiger partial charge is 0.407 e. The maximum atomic E-state index is 13.9. The van der Waals surface area contributed by atoms with E-state index in [4.69, 9.17) is 34.2 Å². The van der Waals surface area contributed by atoms with Gasteiger partial charge in [-0.05, 0) is 55.0 Å². The number of amides is 1. The van der Waals surface area contributed by atoms with Crippen molar-refractivity contribution >= 4 is 16.1 Å². The highest BCUT2D eigenvalue weighted by molar-refractivity contribution is 7.89. The molecular weight excluding hydrogens is 618 g/mol. The molecule has 2 aromatic rings. The molecule has 0 saturated carbocycles. The van der Waals surface area contributed by atoms with Crippen LogP contribution in [0.15, 0.2) is 47.4 Å². The Labute approximate surface area is 270 Å². The highest BCUT2D eigenvalue weighted by Crippen LogP contribution is 2.35. The third-order valence-electron chi connectivity index (χ3n) is 8.32. The Kier molecular flexibility index (Phi) is 11.3. The third-order valence-corrected chi connectivity index (χ3v) is 10.1. The molecule has 0 spiro atoms. The van der Waals surface area contributed by atoms with Crippen LogP contribution in [-0.2, 0) is 30.7 Å². The quantitative estimate of drug-likeness (QED) is 0.256. The minimum Gasteiger partial charge on any atom is -0.492 e. The molecule has 13 nitrogen and oxygen atoms in total. The zero-order valence-corrected chi connectivity index (χ0v) is 27.3. The summed E-state index contributed by atoms with van der Waals surface area (Å²) in [5.41, 5.74) is 6.76. The van der Waals surface area contributed by atoms with Crippen LogP contribution >= 0.6 is 0 Å². The van der Waals surface area contributed by atoms with Crippen LogP contribution in [0.2, 0.25) is 0 Å². The fraction of sp³-hybridized carbons (Fsp3) is 0.594. The summed E-state index contributed by atoms with van der Waals surface area (Å²) in [5, 5.41) is 14.4. The Hall–Kier alpha value is -3.14. The van der Waals surface area contributed by atoms with E-state index in [2.05, 4.69) is 5.32 Å². The van der Waals surface area contributed by atoms with Crippen LogP contribution < -0.4 is 25.3 Å². The van der Waals surface area contributed by atoms with Crippen molar-refractivity contribution in [1.82, 2.24) is 9.62 Å². The molecule has 2 saturated heterocycles. The van der Waals surface area contributed by atoms with Crippen LogP contribution in [0.3, 0.4) is 0 Å². The molecule has 3 aliphatic heterocycles. The number of nitrogens with zero attached hydrogens (tertiary/aromatic N) is 1. The first-order chi connectivity index (χ1) is 22.0. The van der Waals surface area contributed by atoms with Crippen LogP contribution in [0.4, 0.5) is 4.79 Å². The standard InChI is InChI=1S/C32H45N3O10S/c1-4-22(33)17-41-23-7-5-21(6-8-23)13-26(34-32(37)45-30-18-42-31-25(30)11-12-40-31)27(36)16-35(15-20(2)3)46(38,39)24-9-10-28-29(14-24)44-19-43-28/h5-10,14,20,22,25-27,30-31,36H,4,11-13,15-19,33H2,1-3H3,(H,34,37)/t22?,25-,26-,27+,30-,31+/m0/s1. The summed E-state index contributed by atoms with van der Waals surface area (Å²) in [5.74, 6) is 1.33.